The summed E-state index contributed by atoms with van der Waals surface area (Å²) in [6, 6.07) is 3.31. The van der Waals surface area contributed by atoms with Crippen molar-refractivity contribution < 1.29 is 23.1 Å². The topological polar surface area (TPSA) is 40.5 Å². The SMILES string of the molecule is CN(CC(F)F)C(=O)c1c(O)cccc1F. The molecule has 6 heteroatoms. The van der Waals surface area contributed by atoms with Crippen molar-refractivity contribution in [3.8, 4) is 5.75 Å². The number of benzene rings is 1. The number of phenolic OH excluding ortho intramolecular Hbond substituents is 1. The lowest BCUT2D eigenvalue weighted by molar-refractivity contribution is 0.0613. The predicted molar refractivity (Wildman–Crippen MR) is 51.0 cm³/mol. The summed E-state index contributed by atoms with van der Waals surface area (Å²) < 4.78 is 37.2. The van der Waals surface area contributed by atoms with Crippen LogP contribution in [0.3, 0.4) is 0 Å². The molecule has 0 unspecified atom stereocenters. The van der Waals surface area contributed by atoms with Crippen molar-refractivity contribution in [1.82, 2.24) is 4.90 Å². The van der Waals surface area contributed by atoms with Crippen LogP contribution in [0.1, 0.15) is 10.4 Å². The van der Waals surface area contributed by atoms with E-state index in [1.807, 2.05) is 0 Å². The summed E-state index contributed by atoms with van der Waals surface area (Å²) in [6.07, 6.45) is -2.71. The fourth-order valence-corrected chi connectivity index (χ4v) is 1.21. The van der Waals surface area contributed by atoms with E-state index in [-0.39, 0.29) is 0 Å². The Labute approximate surface area is 90.1 Å². The van der Waals surface area contributed by atoms with Crippen LogP contribution in [-0.2, 0) is 0 Å². The summed E-state index contributed by atoms with van der Waals surface area (Å²) in [7, 11) is 1.11. The Bertz CT molecular complexity index is 375. The first kappa shape index (κ1) is 12.4. The number of aromatic hydroxyl groups is 1. The van der Waals surface area contributed by atoms with E-state index < -0.39 is 36.0 Å². The van der Waals surface area contributed by atoms with Crippen LogP contribution in [0.2, 0.25) is 0 Å². The van der Waals surface area contributed by atoms with Crippen molar-refractivity contribution in [3.63, 3.8) is 0 Å². The van der Waals surface area contributed by atoms with Gasteiger partial charge in [-0.3, -0.25) is 4.79 Å². The summed E-state index contributed by atoms with van der Waals surface area (Å²) in [5, 5.41) is 9.27. The average Bonchev–Trinajstić information content (AvgIpc) is 2.16. The Kier molecular flexibility index (Phi) is 3.76. The lowest BCUT2D eigenvalue weighted by atomic mass is 10.1. The van der Waals surface area contributed by atoms with Crippen LogP contribution in [0.15, 0.2) is 18.2 Å². The molecule has 88 valence electrons. The van der Waals surface area contributed by atoms with Crippen LogP contribution in [0.25, 0.3) is 0 Å². The van der Waals surface area contributed by atoms with Crippen LogP contribution in [-0.4, -0.2) is 35.9 Å². The number of rotatable bonds is 3. The van der Waals surface area contributed by atoms with Gasteiger partial charge < -0.3 is 10.0 Å². The average molecular weight is 233 g/mol. The molecule has 0 aliphatic heterocycles. The number of amides is 1. The number of carbonyl (C=O) groups excluding carboxylic acids is 1. The molecule has 1 rings (SSSR count). The molecule has 16 heavy (non-hydrogen) atoms. The molecule has 3 nitrogen and oxygen atoms in total. The highest BCUT2D eigenvalue weighted by molar-refractivity contribution is 5.96. The standard InChI is InChI=1S/C10H10F3NO2/c1-14(5-8(12)13)10(16)9-6(11)3-2-4-7(9)15/h2-4,8,15H,5H2,1H3. The monoisotopic (exact) mass is 233 g/mol. The lowest BCUT2D eigenvalue weighted by Gasteiger charge is -2.17. The summed E-state index contributed by atoms with van der Waals surface area (Å²) in [5.41, 5.74) is -0.592. The Hall–Kier alpha value is -1.72. The van der Waals surface area contributed by atoms with E-state index >= 15 is 0 Å². The molecule has 0 aliphatic carbocycles. The predicted octanol–water partition coefficient (Wildman–Crippen LogP) is 1.87. The molecular weight excluding hydrogens is 223 g/mol. The number of alkyl halides is 2. The normalized spacial score (nSPS) is 10.6. The quantitative estimate of drug-likeness (QED) is 0.865. The molecular formula is C10H10F3NO2. The third kappa shape index (κ3) is 2.65. The molecule has 0 spiro atoms. The van der Waals surface area contributed by atoms with E-state index in [0.717, 1.165) is 19.2 Å². The van der Waals surface area contributed by atoms with Crippen LogP contribution in [0, 0.1) is 5.82 Å². The number of phenols is 1. The van der Waals surface area contributed by atoms with Crippen LogP contribution >= 0.6 is 0 Å². The molecule has 1 N–H and O–H groups in total. The van der Waals surface area contributed by atoms with Gasteiger partial charge in [-0.05, 0) is 12.1 Å². The Balaban J connectivity index is 2.96. The van der Waals surface area contributed by atoms with Crippen LogP contribution in [0.5, 0.6) is 5.75 Å². The second-order valence-corrected chi connectivity index (χ2v) is 3.21. The van der Waals surface area contributed by atoms with Gasteiger partial charge in [0, 0.05) is 7.05 Å². The van der Waals surface area contributed by atoms with Gasteiger partial charge in [0.25, 0.3) is 12.3 Å². The van der Waals surface area contributed by atoms with Crippen molar-refractivity contribution in [2.45, 2.75) is 6.43 Å². The number of nitrogens with zero attached hydrogens (tertiary/aromatic N) is 1. The molecule has 0 heterocycles. The van der Waals surface area contributed by atoms with E-state index in [9.17, 15) is 23.1 Å². The van der Waals surface area contributed by atoms with Gasteiger partial charge in [-0.25, -0.2) is 13.2 Å². The van der Waals surface area contributed by atoms with Crippen LogP contribution < -0.4 is 0 Å². The maximum absolute atomic E-state index is 13.2. The fourth-order valence-electron chi connectivity index (χ4n) is 1.21. The maximum Gasteiger partial charge on any atom is 0.260 e. The van der Waals surface area contributed by atoms with Gasteiger partial charge in [-0.2, -0.15) is 0 Å². The Morgan fingerprint density at radius 2 is 2.12 bits per heavy atom. The lowest BCUT2D eigenvalue weighted by Crippen LogP contribution is -2.31. The molecule has 0 saturated carbocycles. The van der Waals surface area contributed by atoms with E-state index in [1.165, 1.54) is 6.07 Å². The number of carbonyl (C=O) groups is 1. The number of hydrogen-bond acceptors (Lipinski definition) is 2. The summed E-state index contributed by atoms with van der Waals surface area (Å²) in [5.74, 6) is -2.48. The molecule has 0 fully saturated rings. The fraction of sp³-hybridized carbons (Fsp3) is 0.300. The van der Waals surface area contributed by atoms with Gasteiger partial charge in [0.05, 0.1) is 6.54 Å². The van der Waals surface area contributed by atoms with E-state index in [2.05, 4.69) is 0 Å². The summed E-state index contributed by atoms with van der Waals surface area (Å²) in [4.78, 5) is 12.2. The maximum atomic E-state index is 13.2. The van der Waals surface area contributed by atoms with Gasteiger partial charge >= 0.3 is 0 Å². The first-order chi connectivity index (χ1) is 7.43. The van der Waals surface area contributed by atoms with Crippen molar-refractivity contribution in [1.29, 1.82) is 0 Å². The number of hydrogen-bond donors (Lipinski definition) is 1. The van der Waals surface area contributed by atoms with E-state index in [4.69, 9.17) is 0 Å². The van der Waals surface area contributed by atoms with Crippen molar-refractivity contribution in [2.24, 2.45) is 0 Å². The van der Waals surface area contributed by atoms with E-state index in [1.54, 1.807) is 0 Å². The molecule has 1 aromatic rings. The van der Waals surface area contributed by atoms with Crippen molar-refractivity contribution >= 4 is 5.91 Å². The summed E-state index contributed by atoms with van der Waals surface area (Å²) in [6.45, 7) is -0.813. The minimum atomic E-state index is -2.71. The highest BCUT2D eigenvalue weighted by Gasteiger charge is 2.22. The molecule has 0 radical (unpaired) electrons. The minimum absolute atomic E-state index is 0.564. The van der Waals surface area contributed by atoms with E-state index in [0.29, 0.717) is 4.90 Å². The molecule has 0 bridgehead atoms. The summed E-state index contributed by atoms with van der Waals surface area (Å²) >= 11 is 0. The highest BCUT2D eigenvalue weighted by Crippen LogP contribution is 2.21. The molecule has 0 atom stereocenters. The zero-order valence-corrected chi connectivity index (χ0v) is 8.45. The largest absolute Gasteiger partial charge is 0.507 e. The van der Waals surface area contributed by atoms with Gasteiger partial charge in [0.15, 0.2) is 0 Å². The smallest absolute Gasteiger partial charge is 0.260 e. The third-order valence-corrected chi connectivity index (χ3v) is 1.96. The first-order valence-electron chi connectivity index (χ1n) is 4.44. The molecule has 0 aromatic heterocycles. The zero-order chi connectivity index (χ0) is 12.3. The van der Waals surface area contributed by atoms with Gasteiger partial charge in [0.1, 0.15) is 17.1 Å². The molecule has 1 amide bonds. The molecule has 1 aromatic carbocycles. The van der Waals surface area contributed by atoms with Gasteiger partial charge in [0.2, 0.25) is 0 Å². The van der Waals surface area contributed by atoms with Crippen LogP contribution in [0.4, 0.5) is 13.2 Å². The van der Waals surface area contributed by atoms with Crippen molar-refractivity contribution in [3.05, 3.63) is 29.6 Å². The second kappa shape index (κ2) is 4.87. The molecule has 0 aliphatic rings. The zero-order valence-electron chi connectivity index (χ0n) is 8.45. The highest BCUT2D eigenvalue weighted by atomic mass is 19.3. The number of halogens is 3. The Morgan fingerprint density at radius 3 is 2.62 bits per heavy atom. The van der Waals surface area contributed by atoms with Gasteiger partial charge in [-0.15, -0.1) is 0 Å². The van der Waals surface area contributed by atoms with Gasteiger partial charge in [-0.1, -0.05) is 6.07 Å². The second-order valence-electron chi connectivity index (χ2n) is 3.21. The first-order valence-corrected chi connectivity index (χ1v) is 4.44. The van der Waals surface area contributed by atoms with Crippen molar-refractivity contribution in [2.75, 3.05) is 13.6 Å². The Morgan fingerprint density at radius 1 is 1.50 bits per heavy atom. The molecule has 0 saturated heterocycles. The third-order valence-electron chi connectivity index (χ3n) is 1.96. The minimum Gasteiger partial charge on any atom is -0.507 e.